The van der Waals surface area contributed by atoms with Crippen LogP contribution in [0.25, 0.3) is 0 Å². The number of benzene rings is 1. The van der Waals surface area contributed by atoms with Gasteiger partial charge in [0, 0.05) is 6.54 Å². The molecule has 2 aliphatic rings. The molecule has 0 saturated heterocycles. The van der Waals surface area contributed by atoms with E-state index in [1.54, 1.807) is 6.07 Å². The topological polar surface area (TPSA) is 59.6 Å². The molecule has 2 saturated carbocycles. The minimum Gasteiger partial charge on any atom is -0.404 e. The molecule has 0 radical (unpaired) electrons. The van der Waals surface area contributed by atoms with Crippen molar-refractivity contribution >= 4 is 11.6 Å². The highest BCUT2D eigenvalue weighted by molar-refractivity contribution is 5.93. The van der Waals surface area contributed by atoms with Gasteiger partial charge in [-0.3, -0.25) is 4.99 Å². The number of alkyl halides is 3. The predicted molar refractivity (Wildman–Crippen MR) is 77.6 cm³/mol. The van der Waals surface area contributed by atoms with Crippen molar-refractivity contribution in [3.8, 4) is 5.75 Å². The van der Waals surface area contributed by atoms with E-state index in [0.717, 1.165) is 5.92 Å². The number of nitrogens with zero attached hydrogens (tertiary/aromatic N) is 1. The number of aliphatic imine (C=N–C) groups is 1. The normalized spacial score (nSPS) is 20.6. The van der Waals surface area contributed by atoms with Crippen LogP contribution in [0.3, 0.4) is 0 Å². The molecule has 7 heteroatoms. The van der Waals surface area contributed by atoms with Crippen LogP contribution in [0, 0.1) is 11.3 Å². The monoisotopic (exact) mass is 313 g/mol. The largest absolute Gasteiger partial charge is 0.573 e. The van der Waals surface area contributed by atoms with Gasteiger partial charge in [0.05, 0.1) is 5.69 Å². The van der Waals surface area contributed by atoms with Crippen LogP contribution in [0.2, 0.25) is 0 Å². The van der Waals surface area contributed by atoms with Crippen molar-refractivity contribution in [1.29, 1.82) is 0 Å². The SMILES string of the molecule is NC(=NCC1(C2CC2)CC1)Nc1ccccc1OC(F)(F)F. The van der Waals surface area contributed by atoms with Gasteiger partial charge in [0.15, 0.2) is 11.7 Å². The molecule has 22 heavy (non-hydrogen) atoms. The van der Waals surface area contributed by atoms with E-state index < -0.39 is 6.36 Å². The standard InChI is InChI=1S/C15H18F3N3O/c16-15(17,18)22-12-4-2-1-3-11(12)21-13(19)20-9-14(7-8-14)10-5-6-10/h1-4,10H,5-9H2,(H3,19,20,21). The molecule has 0 bridgehead atoms. The Labute approximate surface area is 126 Å². The average Bonchev–Trinajstić information content (AvgIpc) is 3.30. The third-order valence-corrected chi connectivity index (χ3v) is 4.28. The number of para-hydroxylation sites is 2. The first-order valence-electron chi connectivity index (χ1n) is 7.30. The molecular weight excluding hydrogens is 295 g/mol. The molecule has 1 aromatic rings. The molecule has 2 fully saturated rings. The molecule has 2 aliphatic carbocycles. The molecule has 0 amide bonds. The van der Waals surface area contributed by atoms with Gasteiger partial charge in [-0.2, -0.15) is 0 Å². The number of hydrogen-bond acceptors (Lipinski definition) is 2. The number of nitrogens with two attached hydrogens (primary N) is 1. The molecule has 4 nitrogen and oxygen atoms in total. The molecule has 0 aromatic heterocycles. The Bertz CT molecular complexity index is 578. The van der Waals surface area contributed by atoms with Crippen molar-refractivity contribution in [1.82, 2.24) is 0 Å². The van der Waals surface area contributed by atoms with E-state index in [1.807, 2.05) is 0 Å². The molecule has 0 spiro atoms. The fraction of sp³-hybridized carbons (Fsp3) is 0.533. The van der Waals surface area contributed by atoms with Gasteiger partial charge in [-0.05, 0) is 49.1 Å². The summed E-state index contributed by atoms with van der Waals surface area (Å²) in [5.74, 6) is 0.548. The maximum absolute atomic E-state index is 12.4. The Balaban J connectivity index is 1.64. The molecule has 0 heterocycles. The van der Waals surface area contributed by atoms with Crippen LogP contribution in [0.1, 0.15) is 25.7 Å². The van der Waals surface area contributed by atoms with Crippen LogP contribution >= 0.6 is 0 Å². The molecule has 0 aliphatic heterocycles. The maximum Gasteiger partial charge on any atom is 0.573 e. The predicted octanol–water partition coefficient (Wildman–Crippen LogP) is 3.50. The fourth-order valence-corrected chi connectivity index (χ4v) is 2.76. The van der Waals surface area contributed by atoms with Crippen LogP contribution in [0.4, 0.5) is 18.9 Å². The lowest BCUT2D eigenvalue weighted by molar-refractivity contribution is -0.274. The summed E-state index contributed by atoms with van der Waals surface area (Å²) in [5, 5.41) is 2.70. The van der Waals surface area contributed by atoms with Crippen molar-refractivity contribution in [3.63, 3.8) is 0 Å². The van der Waals surface area contributed by atoms with Crippen LogP contribution in [0.5, 0.6) is 5.75 Å². The fourth-order valence-electron chi connectivity index (χ4n) is 2.76. The van der Waals surface area contributed by atoms with Gasteiger partial charge >= 0.3 is 6.36 Å². The minimum atomic E-state index is -4.74. The zero-order chi connectivity index (χ0) is 15.8. The number of anilines is 1. The number of halogens is 3. The lowest BCUT2D eigenvalue weighted by atomic mass is 10.0. The highest BCUT2D eigenvalue weighted by atomic mass is 19.4. The summed E-state index contributed by atoms with van der Waals surface area (Å²) in [4.78, 5) is 4.30. The van der Waals surface area contributed by atoms with E-state index in [2.05, 4.69) is 15.0 Å². The van der Waals surface area contributed by atoms with Crippen molar-refractivity contribution in [2.45, 2.75) is 32.0 Å². The van der Waals surface area contributed by atoms with Gasteiger partial charge in [0.2, 0.25) is 0 Å². The highest BCUT2D eigenvalue weighted by Gasteiger charge is 2.53. The molecule has 120 valence electrons. The number of guanidine groups is 1. The highest BCUT2D eigenvalue weighted by Crippen LogP contribution is 2.61. The van der Waals surface area contributed by atoms with Crippen LogP contribution in [-0.4, -0.2) is 18.9 Å². The van der Waals surface area contributed by atoms with E-state index in [0.29, 0.717) is 12.0 Å². The molecule has 3 N–H and O–H groups in total. The molecule has 0 atom stereocenters. The average molecular weight is 313 g/mol. The summed E-state index contributed by atoms with van der Waals surface area (Å²) in [6.45, 7) is 0.638. The van der Waals surface area contributed by atoms with Gasteiger partial charge < -0.3 is 15.8 Å². The van der Waals surface area contributed by atoms with E-state index in [9.17, 15) is 13.2 Å². The zero-order valence-corrected chi connectivity index (χ0v) is 12.0. The summed E-state index contributed by atoms with van der Waals surface area (Å²) in [6.07, 6.45) is 0.106. The van der Waals surface area contributed by atoms with E-state index in [4.69, 9.17) is 5.73 Å². The first-order chi connectivity index (χ1) is 10.4. The smallest absolute Gasteiger partial charge is 0.404 e. The van der Waals surface area contributed by atoms with E-state index in [-0.39, 0.29) is 17.4 Å². The lowest BCUT2D eigenvalue weighted by Gasteiger charge is -2.15. The van der Waals surface area contributed by atoms with Crippen LogP contribution in [-0.2, 0) is 0 Å². The third kappa shape index (κ3) is 3.64. The van der Waals surface area contributed by atoms with Gasteiger partial charge in [-0.25, -0.2) is 0 Å². The van der Waals surface area contributed by atoms with E-state index in [1.165, 1.54) is 43.9 Å². The quantitative estimate of drug-likeness (QED) is 0.646. The second kappa shape index (κ2) is 5.37. The Morgan fingerprint density at radius 1 is 1.32 bits per heavy atom. The van der Waals surface area contributed by atoms with Crippen molar-refractivity contribution in [3.05, 3.63) is 24.3 Å². The van der Waals surface area contributed by atoms with Gasteiger partial charge in [0.25, 0.3) is 0 Å². The number of rotatable bonds is 5. The second-order valence-electron chi connectivity index (χ2n) is 6.01. The molecule has 1 aromatic carbocycles. The number of ether oxygens (including phenoxy) is 1. The molecular formula is C15H18F3N3O. The van der Waals surface area contributed by atoms with Gasteiger partial charge in [-0.15, -0.1) is 13.2 Å². The van der Waals surface area contributed by atoms with Crippen molar-refractivity contribution in [2.75, 3.05) is 11.9 Å². The first-order valence-corrected chi connectivity index (χ1v) is 7.30. The zero-order valence-electron chi connectivity index (χ0n) is 12.0. The Morgan fingerprint density at radius 2 is 2.00 bits per heavy atom. The molecule has 0 unspecified atom stereocenters. The summed E-state index contributed by atoms with van der Waals surface area (Å²) in [5.41, 5.74) is 6.25. The van der Waals surface area contributed by atoms with Gasteiger partial charge in [0.1, 0.15) is 0 Å². The summed E-state index contributed by atoms with van der Waals surface area (Å²) < 4.78 is 41.0. The maximum atomic E-state index is 12.4. The summed E-state index contributed by atoms with van der Waals surface area (Å²) in [7, 11) is 0. The second-order valence-corrected chi connectivity index (χ2v) is 6.01. The van der Waals surface area contributed by atoms with Crippen LogP contribution < -0.4 is 15.8 Å². The van der Waals surface area contributed by atoms with E-state index >= 15 is 0 Å². The Morgan fingerprint density at radius 3 is 2.59 bits per heavy atom. The van der Waals surface area contributed by atoms with Crippen molar-refractivity contribution in [2.24, 2.45) is 22.1 Å². The van der Waals surface area contributed by atoms with Crippen LogP contribution in [0.15, 0.2) is 29.3 Å². The number of nitrogens with one attached hydrogen (secondary N) is 1. The summed E-state index contributed by atoms with van der Waals surface area (Å²) in [6, 6.07) is 5.77. The third-order valence-electron chi connectivity index (χ3n) is 4.28. The Hall–Kier alpha value is -1.92. The summed E-state index contributed by atoms with van der Waals surface area (Å²) >= 11 is 0. The van der Waals surface area contributed by atoms with Gasteiger partial charge in [-0.1, -0.05) is 12.1 Å². The lowest BCUT2D eigenvalue weighted by Crippen LogP contribution is -2.25. The first kappa shape index (κ1) is 15.0. The van der Waals surface area contributed by atoms with Crippen molar-refractivity contribution < 1.29 is 17.9 Å². The molecule has 3 rings (SSSR count). The number of hydrogen-bond donors (Lipinski definition) is 2. The Kier molecular flexibility index (Phi) is 3.66. The minimum absolute atomic E-state index is 0.116.